The average Bonchev–Trinajstić information content (AvgIpc) is 3.44. The van der Waals surface area contributed by atoms with Crippen LogP contribution in [0.2, 0.25) is 0 Å². The number of nitrogens with one attached hydrogen (secondary N) is 1. The molecule has 0 aliphatic heterocycles. The third-order valence-corrected chi connectivity index (χ3v) is 4.77. The number of carbonyl (C=O) groups excluding carboxylic acids is 1. The van der Waals surface area contributed by atoms with Crippen molar-refractivity contribution in [3.63, 3.8) is 0 Å². The van der Waals surface area contributed by atoms with Crippen molar-refractivity contribution in [2.75, 3.05) is 12.4 Å². The highest BCUT2D eigenvalue weighted by Gasteiger charge is 2.12. The number of methoxy groups -OCH3 is 1. The van der Waals surface area contributed by atoms with Gasteiger partial charge in [-0.25, -0.2) is 4.68 Å². The number of ether oxygens (including phenoxy) is 2. The minimum atomic E-state index is -0.329. The third-order valence-electron chi connectivity index (χ3n) is 4.77. The fourth-order valence-corrected chi connectivity index (χ4v) is 3.03. The van der Waals surface area contributed by atoms with Crippen LogP contribution in [0.15, 0.2) is 73.1 Å². The summed E-state index contributed by atoms with van der Waals surface area (Å²) in [6.07, 6.45) is 3.53. The van der Waals surface area contributed by atoms with Gasteiger partial charge in [0.05, 0.1) is 13.7 Å². The van der Waals surface area contributed by atoms with Gasteiger partial charge in [-0.15, -0.1) is 0 Å². The Labute approximate surface area is 180 Å². The van der Waals surface area contributed by atoms with Gasteiger partial charge in [0.2, 0.25) is 0 Å². The predicted octanol–water partition coefficient (Wildman–Crippen LogP) is 3.73. The number of nitrogens with zero attached hydrogens (tertiary/aromatic N) is 4. The Morgan fingerprint density at radius 2 is 1.68 bits per heavy atom. The summed E-state index contributed by atoms with van der Waals surface area (Å²) in [4.78, 5) is 12.5. The molecular weight excluding hydrogens is 394 g/mol. The first-order chi connectivity index (χ1) is 15.1. The predicted molar refractivity (Wildman–Crippen MR) is 116 cm³/mol. The smallest absolute Gasteiger partial charge is 0.277 e. The van der Waals surface area contributed by atoms with Gasteiger partial charge in [0.1, 0.15) is 11.5 Å². The molecule has 8 heteroatoms. The number of aryl methyl sites for hydroxylation is 1. The van der Waals surface area contributed by atoms with Crippen LogP contribution in [-0.4, -0.2) is 32.6 Å². The van der Waals surface area contributed by atoms with Crippen molar-refractivity contribution in [1.82, 2.24) is 19.6 Å². The molecule has 31 heavy (non-hydrogen) atoms. The number of carbonyl (C=O) groups is 1. The molecule has 0 bridgehead atoms. The molecule has 2 heterocycles. The van der Waals surface area contributed by atoms with E-state index in [-0.39, 0.29) is 18.3 Å². The van der Waals surface area contributed by atoms with Gasteiger partial charge in [-0.3, -0.25) is 9.48 Å². The SMILES string of the molecule is COc1ccc(OCn2ccc(C(=O)Nc3ccn(Cc4ccccc4C)n3)n2)cc1. The fourth-order valence-electron chi connectivity index (χ4n) is 3.03. The number of anilines is 1. The topological polar surface area (TPSA) is 83.2 Å². The van der Waals surface area contributed by atoms with Crippen LogP contribution in [0.25, 0.3) is 0 Å². The van der Waals surface area contributed by atoms with E-state index in [4.69, 9.17) is 9.47 Å². The fraction of sp³-hybridized carbons (Fsp3) is 0.174. The Balaban J connectivity index is 1.32. The number of hydrogen-bond acceptors (Lipinski definition) is 5. The Morgan fingerprint density at radius 3 is 2.45 bits per heavy atom. The van der Waals surface area contributed by atoms with Crippen LogP contribution in [0.1, 0.15) is 21.6 Å². The Hall–Kier alpha value is -4.07. The first-order valence-corrected chi connectivity index (χ1v) is 9.80. The second kappa shape index (κ2) is 9.17. The van der Waals surface area contributed by atoms with Crippen molar-refractivity contribution in [3.05, 3.63) is 89.9 Å². The van der Waals surface area contributed by atoms with E-state index in [1.165, 1.54) is 11.1 Å². The van der Waals surface area contributed by atoms with Crippen molar-refractivity contribution in [2.45, 2.75) is 20.2 Å². The Morgan fingerprint density at radius 1 is 0.935 bits per heavy atom. The van der Waals surface area contributed by atoms with Crippen LogP contribution in [-0.2, 0) is 13.3 Å². The summed E-state index contributed by atoms with van der Waals surface area (Å²) in [5.74, 6) is 1.58. The van der Waals surface area contributed by atoms with E-state index in [2.05, 4.69) is 34.6 Å². The highest BCUT2D eigenvalue weighted by molar-refractivity contribution is 6.02. The van der Waals surface area contributed by atoms with Gasteiger partial charge in [-0.2, -0.15) is 10.2 Å². The standard InChI is InChI=1S/C23H23N5O3/c1-17-5-3-4-6-18(17)15-27-14-12-22(26-27)24-23(29)21-11-13-28(25-21)16-31-20-9-7-19(30-2)8-10-20/h3-14H,15-16H2,1-2H3,(H,24,26,29). The molecule has 0 spiro atoms. The minimum absolute atomic E-state index is 0.185. The molecule has 4 rings (SSSR count). The van der Waals surface area contributed by atoms with Gasteiger partial charge in [-0.05, 0) is 48.4 Å². The van der Waals surface area contributed by atoms with E-state index >= 15 is 0 Å². The molecule has 0 aliphatic rings. The largest absolute Gasteiger partial charge is 0.497 e. The van der Waals surface area contributed by atoms with E-state index in [0.29, 0.717) is 18.1 Å². The maximum absolute atomic E-state index is 12.5. The van der Waals surface area contributed by atoms with Crippen LogP contribution in [0.4, 0.5) is 5.82 Å². The van der Waals surface area contributed by atoms with Crippen molar-refractivity contribution in [3.8, 4) is 11.5 Å². The Kier molecular flexibility index (Phi) is 5.98. The zero-order valence-electron chi connectivity index (χ0n) is 17.4. The molecule has 2 aromatic heterocycles. The summed E-state index contributed by atoms with van der Waals surface area (Å²) >= 11 is 0. The second-order valence-corrected chi connectivity index (χ2v) is 6.97. The molecule has 2 aromatic carbocycles. The highest BCUT2D eigenvalue weighted by atomic mass is 16.5. The third kappa shape index (κ3) is 5.11. The lowest BCUT2D eigenvalue weighted by Crippen LogP contribution is -2.15. The maximum atomic E-state index is 12.5. The number of benzene rings is 2. The van der Waals surface area contributed by atoms with Gasteiger partial charge < -0.3 is 14.8 Å². The molecule has 0 aliphatic carbocycles. The van der Waals surface area contributed by atoms with Crippen LogP contribution < -0.4 is 14.8 Å². The van der Waals surface area contributed by atoms with E-state index in [9.17, 15) is 4.79 Å². The van der Waals surface area contributed by atoms with Crippen LogP contribution in [0.3, 0.4) is 0 Å². The summed E-state index contributed by atoms with van der Waals surface area (Å²) in [6, 6.07) is 18.8. The average molecular weight is 417 g/mol. The van der Waals surface area contributed by atoms with Gasteiger partial charge >= 0.3 is 0 Å². The lowest BCUT2D eigenvalue weighted by atomic mass is 10.1. The quantitative estimate of drug-likeness (QED) is 0.472. The molecule has 0 unspecified atom stereocenters. The van der Waals surface area contributed by atoms with E-state index in [0.717, 1.165) is 5.75 Å². The Bertz CT molecular complexity index is 1160. The molecule has 4 aromatic rings. The monoisotopic (exact) mass is 417 g/mol. The van der Waals surface area contributed by atoms with Gasteiger partial charge in [0, 0.05) is 18.5 Å². The highest BCUT2D eigenvalue weighted by Crippen LogP contribution is 2.17. The van der Waals surface area contributed by atoms with Crippen molar-refractivity contribution >= 4 is 11.7 Å². The van der Waals surface area contributed by atoms with E-state index in [1.54, 1.807) is 34.8 Å². The summed E-state index contributed by atoms with van der Waals surface area (Å²) in [6.45, 7) is 2.89. The molecule has 0 radical (unpaired) electrons. The molecule has 8 nitrogen and oxygen atoms in total. The molecule has 1 N–H and O–H groups in total. The molecule has 0 fully saturated rings. The first kappa shape index (κ1) is 20.2. The zero-order chi connectivity index (χ0) is 21.6. The molecule has 158 valence electrons. The maximum Gasteiger partial charge on any atom is 0.277 e. The summed E-state index contributed by atoms with van der Waals surface area (Å²) in [5, 5.41) is 11.5. The van der Waals surface area contributed by atoms with Gasteiger partial charge in [-0.1, -0.05) is 24.3 Å². The van der Waals surface area contributed by atoms with Crippen molar-refractivity contribution in [2.24, 2.45) is 0 Å². The molecule has 0 saturated heterocycles. The molecule has 0 atom stereocenters. The van der Waals surface area contributed by atoms with Crippen LogP contribution >= 0.6 is 0 Å². The minimum Gasteiger partial charge on any atom is -0.497 e. The van der Waals surface area contributed by atoms with E-state index < -0.39 is 0 Å². The number of amides is 1. The number of hydrogen-bond donors (Lipinski definition) is 1. The number of rotatable bonds is 8. The molecule has 0 saturated carbocycles. The van der Waals surface area contributed by atoms with Gasteiger partial charge in [0.15, 0.2) is 18.2 Å². The normalized spacial score (nSPS) is 10.6. The van der Waals surface area contributed by atoms with Gasteiger partial charge in [0.25, 0.3) is 5.91 Å². The first-order valence-electron chi connectivity index (χ1n) is 9.80. The van der Waals surface area contributed by atoms with Crippen LogP contribution in [0, 0.1) is 6.92 Å². The summed E-state index contributed by atoms with van der Waals surface area (Å²) < 4.78 is 14.1. The molecule has 1 amide bonds. The van der Waals surface area contributed by atoms with E-state index in [1.807, 2.05) is 42.6 Å². The second-order valence-electron chi connectivity index (χ2n) is 6.97. The zero-order valence-corrected chi connectivity index (χ0v) is 17.4. The summed E-state index contributed by atoms with van der Waals surface area (Å²) in [5.41, 5.74) is 2.66. The van der Waals surface area contributed by atoms with Crippen LogP contribution in [0.5, 0.6) is 11.5 Å². The summed E-state index contributed by atoms with van der Waals surface area (Å²) in [7, 11) is 1.61. The lowest BCUT2D eigenvalue weighted by Gasteiger charge is -2.07. The molecular formula is C23H23N5O3. The lowest BCUT2D eigenvalue weighted by molar-refractivity contribution is 0.101. The van der Waals surface area contributed by atoms with Crippen molar-refractivity contribution in [1.29, 1.82) is 0 Å². The van der Waals surface area contributed by atoms with Crippen molar-refractivity contribution < 1.29 is 14.3 Å². The number of aromatic nitrogens is 4.